The molecule has 0 spiro atoms. The molecule has 0 saturated carbocycles. The van der Waals surface area contributed by atoms with Crippen molar-refractivity contribution in [3.05, 3.63) is 73.1 Å². The monoisotopic (exact) mass is 410 g/mol. The van der Waals surface area contributed by atoms with Crippen molar-refractivity contribution in [1.29, 1.82) is 0 Å². The lowest BCUT2D eigenvalue weighted by Gasteiger charge is -2.13. The van der Waals surface area contributed by atoms with E-state index in [1.807, 2.05) is 6.07 Å². The van der Waals surface area contributed by atoms with Crippen LogP contribution in [0.25, 0.3) is 6.08 Å². The molecule has 0 aliphatic carbocycles. The Labute approximate surface area is 162 Å². The van der Waals surface area contributed by atoms with Gasteiger partial charge >= 0.3 is 0 Å². The number of para-hydroxylation sites is 1. The van der Waals surface area contributed by atoms with Crippen LogP contribution in [-0.2, 0) is 4.79 Å². The molecule has 1 saturated heterocycles. The fourth-order valence-corrected chi connectivity index (χ4v) is 4.01. The van der Waals surface area contributed by atoms with Crippen molar-refractivity contribution in [3.63, 3.8) is 0 Å². The summed E-state index contributed by atoms with van der Waals surface area (Å²) in [6.45, 7) is 0. The molecule has 0 bridgehead atoms. The molecule has 0 atom stereocenters. The Bertz CT molecular complexity index is 932. The van der Waals surface area contributed by atoms with E-state index in [9.17, 15) is 14.9 Å². The van der Waals surface area contributed by atoms with E-state index in [2.05, 4.69) is 0 Å². The van der Waals surface area contributed by atoms with E-state index >= 15 is 0 Å². The second-order valence-electron chi connectivity index (χ2n) is 4.93. The number of nitro benzene ring substituents is 1. The molecule has 3 rings (SSSR count). The second kappa shape index (κ2) is 7.13. The van der Waals surface area contributed by atoms with Crippen LogP contribution < -0.4 is 4.90 Å². The summed E-state index contributed by atoms with van der Waals surface area (Å²) in [4.78, 5) is 24.8. The van der Waals surface area contributed by atoms with E-state index < -0.39 is 4.92 Å². The van der Waals surface area contributed by atoms with Crippen molar-refractivity contribution in [2.45, 2.75) is 0 Å². The molecule has 1 heterocycles. The van der Waals surface area contributed by atoms with Gasteiger partial charge in [0.05, 0.1) is 15.5 Å². The largest absolute Gasteiger partial charge is 0.288 e. The summed E-state index contributed by atoms with van der Waals surface area (Å²) in [6, 6.07) is 11.5. The van der Waals surface area contributed by atoms with Crippen LogP contribution in [-0.4, -0.2) is 15.2 Å². The highest BCUT2D eigenvalue weighted by atomic mass is 35.5. The number of thioether (sulfide) groups is 1. The van der Waals surface area contributed by atoms with Gasteiger partial charge in [-0.15, -0.1) is 0 Å². The highest BCUT2D eigenvalue weighted by Crippen LogP contribution is 2.38. The molecule has 1 aliphatic heterocycles. The number of carbonyl (C=O) groups is 1. The minimum Gasteiger partial charge on any atom is -0.268 e. The van der Waals surface area contributed by atoms with Gasteiger partial charge in [0.2, 0.25) is 0 Å². The number of nitro groups is 1. The van der Waals surface area contributed by atoms with E-state index in [-0.39, 0.29) is 21.6 Å². The first-order valence-corrected chi connectivity index (χ1v) is 8.83. The SMILES string of the molecule is O=C1/C(=C\c2cc([N+](=O)[O-])c(Cl)cc2Cl)SC(=S)N1c1ccccc1. The average Bonchev–Trinajstić information content (AvgIpc) is 2.84. The van der Waals surface area contributed by atoms with Crippen LogP contribution in [0.2, 0.25) is 10.0 Å². The Hall–Kier alpha value is -1.93. The maximum absolute atomic E-state index is 12.7. The number of thiocarbonyl (C=S) groups is 1. The third-order valence-corrected chi connectivity index (χ3v) is 5.29. The van der Waals surface area contributed by atoms with Crippen molar-refractivity contribution in [1.82, 2.24) is 0 Å². The fraction of sp³-hybridized carbons (Fsp3) is 0. The summed E-state index contributed by atoms with van der Waals surface area (Å²) in [5, 5.41) is 11.2. The Kier molecular flexibility index (Phi) is 5.10. The van der Waals surface area contributed by atoms with Gasteiger partial charge in [-0.05, 0) is 24.3 Å². The normalized spacial score (nSPS) is 15.9. The number of carbonyl (C=O) groups excluding carboxylic acids is 1. The molecule has 25 heavy (non-hydrogen) atoms. The third-order valence-electron chi connectivity index (χ3n) is 3.36. The van der Waals surface area contributed by atoms with Crippen LogP contribution in [0.15, 0.2) is 47.4 Å². The molecule has 1 fully saturated rings. The van der Waals surface area contributed by atoms with E-state index in [4.69, 9.17) is 35.4 Å². The maximum atomic E-state index is 12.7. The molecular weight excluding hydrogens is 403 g/mol. The van der Waals surface area contributed by atoms with Crippen LogP contribution in [0.3, 0.4) is 0 Å². The molecule has 126 valence electrons. The number of rotatable bonds is 3. The van der Waals surface area contributed by atoms with Crippen LogP contribution in [0, 0.1) is 10.1 Å². The van der Waals surface area contributed by atoms with Crippen molar-refractivity contribution in [2.75, 3.05) is 4.90 Å². The predicted molar refractivity (Wildman–Crippen MR) is 105 cm³/mol. The van der Waals surface area contributed by atoms with Gasteiger partial charge in [0.1, 0.15) is 5.02 Å². The van der Waals surface area contributed by atoms with E-state index in [1.54, 1.807) is 24.3 Å². The standard InChI is InChI=1S/C16H8Cl2N2O3S2/c17-11-8-12(18)13(20(22)23)6-9(11)7-14-15(21)19(16(24)25-14)10-4-2-1-3-5-10/h1-8H/b14-7+. The van der Waals surface area contributed by atoms with Gasteiger partial charge in [-0.3, -0.25) is 19.8 Å². The van der Waals surface area contributed by atoms with Gasteiger partial charge in [-0.2, -0.15) is 0 Å². The predicted octanol–water partition coefficient (Wildman–Crippen LogP) is 5.31. The summed E-state index contributed by atoms with van der Waals surface area (Å²) in [5.74, 6) is -0.310. The summed E-state index contributed by atoms with van der Waals surface area (Å²) in [7, 11) is 0. The molecule has 2 aromatic carbocycles. The van der Waals surface area contributed by atoms with Crippen molar-refractivity contribution in [3.8, 4) is 0 Å². The van der Waals surface area contributed by atoms with Crippen molar-refractivity contribution in [2.24, 2.45) is 0 Å². The number of nitrogens with zero attached hydrogens (tertiary/aromatic N) is 2. The van der Waals surface area contributed by atoms with Crippen LogP contribution >= 0.6 is 47.2 Å². The van der Waals surface area contributed by atoms with Gasteiger partial charge in [0, 0.05) is 16.7 Å². The molecule has 1 amide bonds. The smallest absolute Gasteiger partial charge is 0.268 e. The first-order chi connectivity index (χ1) is 11.9. The maximum Gasteiger partial charge on any atom is 0.288 e. The molecule has 0 aromatic heterocycles. The minimum absolute atomic E-state index is 0.0658. The Morgan fingerprint density at radius 3 is 2.48 bits per heavy atom. The van der Waals surface area contributed by atoms with Crippen molar-refractivity contribution >= 4 is 74.9 Å². The molecule has 0 N–H and O–H groups in total. The molecule has 0 unspecified atom stereocenters. The zero-order valence-electron chi connectivity index (χ0n) is 12.3. The van der Waals surface area contributed by atoms with E-state index in [1.165, 1.54) is 23.1 Å². The molecule has 5 nitrogen and oxygen atoms in total. The Morgan fingerprint density at radius 2 is 1.84 bits per heavy atom. The summed E-state index contributed by atoms with van der Waals surface area (Å²) < 4.78 is 0.377. The van der Waals surface area contributed by atoms with Crippen LogP contribution in [0.1, 0.15) is 5.56 Å². The zero-order valence-corrected chi connectivity index (χ0v) is 15.5. The topological polar surface area (TPSA) is 63.4 Å². The number of hydrogen-bond acceptors (Lipinski definition) is 5. The van der Waals surface area contributed by atoms with Gasteiger partial charge in [0.15, 0.2) is 4.32 Å². The Balaban J connectivity index is 2.01. The quantitative estimate of drug-likeness (QED) is 0.297. The second-order valence-corrected chi connectivity index (χ2v) is 7.43. The first kappa shape index (κ1) is 17.9. The Morgan fingerprint density at radius 1 is 1.16 bits per heavy atom. The third kappa shape index (κ3) is 3.55. The molecule has 1 aliphatic rings. The number of halogens is 2. The van der Waals surface area contributed by atoms with Gasteiger partial charge in [0.25, 0.3) is 11.6 Å². The summed E-state index contributed by atoms with van der Waals surface area (Å²) in [5.41, 5.74) is 0.698. The first-order valence-electron chi connectivity index (χ1n) is 6.85. The lowest BCUT2D eigenvalue weighted by Crippen LogP contribution is -2.27. The van der Waals surface area contributed by atoms with Gasteiger partial charge in [-0.1, -0.05) is 65.4 Å². The molecule has 9 heteroatoms. The number of hydrogen-bond donors (Lipinski definition) is 0. The lowest BCUT2D eigenvalue weighted by atomic mass is 10.1. The number of anilines is 1. The zero-order chi connectivity index (χ0) is 18.1. The molecular formula is C16H8Cl2N2O3S2. The highest BCUT2D eigenvalue weighted by Gasteiger charge is 2.33. The number of benzene rings is 2. The van der Waals surface area contributed by atoms with Crippen molar-refractivity contribution < 1.29 is 9.72 Å². The average molecular weight is 411 g/mol. The van der Waals surface area contributed by atoms with Gasteiger partial charge < -0.3 is 0 Å². The molecule has 0 radical (unpaired) electrons. The minimum atomic E-state index is -0.606. The summed E-state index contributed by atoms with van der Waals surface area (Å²) >= 11 is 18.3. The van der Waals surface area contributed by atoms with E-state index in [0.29, 0.717) is 20.5 Å². The molecule has 2 aromatic rings. The van der Waals surface area contributed by atoms with Gasteiger partial charge in [-0.25, -0.2) is 0 Å². The number of amides is 1. The van der Waals surface area contributed by atoms with Crippen LogP contribution in [0.5, 0.6) is 0 Å². The van der Waals surface area contributed by atoms with E-state index in [0.717, 1.165) is 11.8 Å². The lowest BCUT2D eigenvalue weighted by molar-refractivity contribution is -0.384. The fourth-order valence-electron chi connectivity index (χ4n) is 2.21. The van der Waals surface area contributed by atoms with Crippen LogP contribution in [0.4, 0.5) is 11.4 Å². The summed E-state index contributed by atoms with van der Waals surface area (Å²) in [6.07, 6.45) is 1.48. The highest BCUT2D eigenvalue weighted by molar-refractivity contribution is 8.27.